The lowest BCUT2D eigenvalue weighted by Gasteiger charge is -2.04. The van der Waals surface area contributed by atoms with Crippen molar-refractivity contribution in [1.82, 2.24) is 15.1 Å². The summed E-state index contributed by atoms with van der Waals surface area (Å²) in [4.78, 5) is 31.7. The summed E-state index contributed by atoms with van der Waals surface area (Å²) in [5.74, 6) is 0.308. The number of amides is 1. The molecule has 3 rings (SSSR count). The second-order valence-corrected chi connectivity index (χ2v) is 6.00. The summed E-state index contributed by atoms with van der Waals surface area (Å²) in [5, 5.41) is 6.72. The number of rotatable bonds is 8. The van der Waals surface area contributed by atoms with Gasteiger partial charge in [-0.3, -0.25) is 9.78 Å². The van der Waals surface area contributed by atoms with Gasteiger partial charge in [-0.25, -0.2) is 4.79 Å². The van der Waals surface area contributed by atoms with E-state index in [1.54, 1.807) is 61.8 Å². The molecule has 0 spiro atoms. The highest BCUT2D eigenvalue weighted by Gasteiger charge is 2.10. The highest BCUT2D eigenvalue weighted by molar-refractivity contribution is 5.91. The van der Waals surface area contributed by atoms with Crippen LogP contribution in [0.2, 0.25) is 0 Å². The van der Waals surface area contributed by atoms with E-state index >= 15 is 0 Å². The Morgan fingerprint density at radius 2 is 1.90 bits per heavy atom. The minimum absolute atomic E-state index is 0.163. The number of nitrogens with zero attached hydrogens (tertiary/aromatic N) is 3. The molecule has 2 aromatic heterocycles. The molecule has 8 nitrogen and oxygen atoms in total. The molecule has 0 atom stereocenters. The third-order valence-electron chi connectivity index (χ3n) is 3.87. The molecule has 3 aromatic rings. The second kappa shape index (κ2) is 9.93. The molecule has 0 fully saturated rings. The quantitative estimate of drug-likeness (QED) is 0.463. The summed E-state index contributed by atoms with van der Waals surface area (Å²) in [6.45, 7) is 2.09. The minimum atomic E-state index is -0.391. The third-order valence-corrected chi connectivity index (χ3v) is 3.87. The molecule has 1 aromatic carbocycles. The summed E-state index contributed by atoms with van der Waals surface area (Å²) < 4.78 is 10.0. The maximum atomic E-state index is 12.2. The van der Waals surface area contributed by atoms with E-state index in [2.05, 4.69) is 20.4 Å². The minimum Gasteiger partial charge on any atom is -0.463 e. The third kappa shape index (κ3) is 6.10. The van der Waals surface area contributed by atoms with Crippen LogP contribution in [0.25, 0.3) is 17.5 Å². The maximum Gasteiger partial charge on any atom is 0.330 e. The van der Waals surface area contributed by atoms with Crippen molar-refractivity contribution in [3.8, 4) is 11.4 Å². The van der Waals surface area contributed by atoms with Crippen LogP contribution in [0, 0.1) is 0 Å². The number of nitrogens with one attached hydrogen (secondary N) is 1. The number of carbonyl (C=O) groups excluding carboxylic acids is 2. The van der Waals surface area contributed by atoms with E-state index < -0.39 is 5.97 Å². The number of anilines is 1. The van der Waals surface area contributed by atoms with Crippen molar-refractivity contribution in [2.75, 3.05) is 11.9 Å². The molecule has 29 heavy (non-hydrogen) atoms. The summed E-state index contributed by atoms with van der Waals surface area (Å²) in [7, 11) is 0. The fourth-order valence-corrected chi connectivity index (χ4v) is 2.45. The first-order valence-corrected chi connectivity index (χ1v) is 9.12. The predicted molar refractivity (Wildman–Crippen MR) is 107 cm³/mol. The maximum absolute atomic E-state index is 12.2. The first kappa shape index (κ1) is 19.9. The molecule has 0 unspecified atom stereocenters. The van der Waals surface area contributed by atoms with E-state index in [1.807, 2.05) is 0 Å². The molecular weight excluding hydrogens is 372 g/mol. The molecule has 148 valence electrons. The summed E-state index contributed by atoms with van der Waals surface area (Å²) in [6.07, 6.45) is 6.86. The van der Waals surface area contributed by atoms with Crippen molar-refractivity contribution < 1.29 is 18.8 Å². The Hall–Kier alpha value is -3.81. The van der Waals surface area contributed by atoms with Crippen LogP contribution in [0.15, 0.2) is 59.4 Å². The topological polar surface area (TPSA) is 107 Å². The first-order valence-electron chi connectivity index (χ1n) is 9.12. The molecule has 8 heteroatoms. The van der Waals surface area contributed by atoms with Crippen molar-refractivity contribution in [3.63, 3.8) is 0 Å². The van der Waals surface area contributed by atoms with Gasteiger partial charge in [-0.15, -0.1) is 0 Å². The van der Waals surface area contributed by atoms with Gasteiger partial charge in [0.1, 0.15) is 0 Å². The number of hydrogen-bond acceptors (Lipinski definition) is 7. The van der Waals surface area contributed by atoms with Crippen molar-refractivity contribution in [2.45, 2.75) is 19.8 Å². The zero-order valence-electron chi connectivity index (χ0n) is 15.9. The Kier molecular flexibility index (Phi) is 6.83. The predicted octanol–water partition coefficient (Wildman–Crippen LogP) is 3.28. The van der Waals surface area contributed by atoms with Gasteiger partial charge in [-0.05, 0) is 42.8 Å². The van der Waals surface area contributed by atoms with E-state index in [9.17, 15) is 9.59 Å². The van der Waals surface area contributed by atoms with E-state index in [4.69, 9.17) is 9.26 Å². The number of hydrogen-bond donors (Lipinski definition) is 1. The Morgan fingerprint density at radius 3 is 2.62 bits per heavy atom. The number of benzene rings is 1. The lowest BCUT2D eigenvalue weighted by molar-refractivity contribution is -0.137. The molecule has 1 N–H and O–H groups in total. The Balaban J connectivity index is 1.48. The van der Waals surface area contributed by atoms with Gasteiger partial charge in [-0.2, -0.15) is 4.98 Å². The van der Waals surface area contributed by atoms with Crippen LogP contribution >= 0.6 is 0 Å². The van der Waals surface area contributed by atoms with Crippen molar-refractivity contribution >= 4 is 23.6 Å². The fraction of sp³-hybridized carbons (Fsp3) is 0.190. The van der Waals surface area contributed by atoms with Crippen LogP contribution in [0.4, 0.5) is 5.69 Å². The molecule has 1 amide bonds. The number of aromatic nitrogens is 3. The van der Waals surface area contributed by atoms with E-state index in [-0.39, 0.29) is 12.3 Å². The normalized spacial score (nSPS) is 10.8. The van der Waals surface area contributed by atoms with Crippen molar-refractivity contribution in [2.24, 2.45) is 0 Å². The highest BCUT2D eigenvalue weighted by atomic mass is 16.5. The Labute approximate surface area is 167 Å². The van der Waals surface area contributed by atoms with Gasteiger partial charge in [0, 0.05) is 42.6 Å². The van der Waals surface area contributed by atoms with Crippen molar-refractivity contribution in [3.05, 3.63) is 66.3 Å². The van der Waals surface area contributed by atoms with Crippen LogP contribution in [0.5, 0.6) is 0 Å². The fourth-order valence-electron chi connectivity index (χ4n) is 2.45. The molecule has 0 saturated carbocycles. The molecule has 0 aliphatic heterocycles. The smallest absolute Gasteiger partial charge is 0.330 e. The zero-order chi connectivity index (χ0) is 20.5. The number of carbonyl (C=O) groups is 2. The van der Waals surface area contributed by atoms with E-state index in [0.29, 0.717) is 30.4 Å². The summed E-state index contributed by atoms with van der Waals surface area (Å²) in [5.41, 5.74) is 2.29. The SMILES string of the molecule is CCOC(=O)/C=C/c1ccc(NC(=O)CCc2nc(-c3ccncc3)no2)cc1. The van der Waals surface area contributed by atoms with Crippen LogP contribution < -0.4 is 5.32 Å². The molecule has 0 aliphatic carbocycles. The average Bonchev–Trinajstić information content (AvgIpc) is 3.22. The largest absolute Gasteiger partial charge is 0.463 e. The molecular formula is C21H20N4O4. The molecule has 0 radical (unpaired) electrons. The Morgan fingerprint density at radius 1 is 1.14 bits per heavy atom. The summed E-state index contributed by atoms with van der Waals surface area (Å²) >= 11 is 0. The van der Waals surface area contributed by atoms with Crippen LogP contribution in [0.3, 0.4) is 0 Å². The average molecular weight is 392 g/mol. The summed E-state index contributed by atoms with van der Waals surface area (Å²) in [6, 6.07) is 10.7. The standard InChI is InChI=1S/C21H20N4O4/c1-2-28-20(27)10-5-15-3-6-17(7-4-15)23-18(26)8-9-19-24-21(25-29-19)16-11-13-22-14-12-16/h3-7,10-14H,2,8-9H2,1H3,(H,23,26)/b10-5+. The van der Waals surface area contributed by atoms with Gasteiger partial charge in [-0.1, -0.05) is 17.3 Å². The lowest BCUT2D eigenvalue weighted by atomic mass is 10.2. The van der Waals surface area contributed by atoms with Crippen LogP contribution in [-0.2, 0) is 20.7 Å². The Bertz CT molecular complexity index is 981. The molecule has 0 aliphatic rings. The van der Waals surface area contributed by atoms with Gasteiger partial charge in [0.15, 0.2) is 0 Å². The van der Waals surface area contributed by atoms with Crippen molar-refractivity contribution in [1.29, 1.82) is 0 Å². The number of ether oxygens (including phenoxy) is 1. The molecule has 0 bridgehead atoms. The van der Waals surface area contributed by atoms with Gasteiger partial charge in [0.25, 0.3) is 0 Å². The van der Waals surface area contributed by atoms with Gasteiger partial charge in [0.05, 0.1) is 6.61 Å². The van der Waals surface area contributed by atoms with Gasteiger partial charge in [0.2, 0.25) is 17.6 Å². The zero-order valence-corrected chi connectivity index (χ0v) is 15.9. The monoisotopic (exact) mass is 392 g/mol. The number of esters is 1. The molecule has 2 heterocycles. The highest BCUT2D eigenvalue weighted by Crippen LogP contribution is 2.15. The van der Waals surface area contributed by atoms with Gasteiger partial charge < -0.3 is 14.6 Å². The molecule has 0 saturated heterocycles. The lowest BCUT2D eigenvalue weighted by Crippen LogP contribution is -2.12. The number of aryl methyl sites for hydroxylation is 1. The number of pyridine rings is 1. The van der Waals surface area contributed by atoms with Gasteiger partial charge >= 0.3 is 5.97 Å². The van der Waals surface area contributed by atoms with Crippen LogP contribution in [-0.4, -0.2) is 33.6 Å². The van der Waals surface area contributed by atoms with E-state index in [0.717, 1.165) is 11.1 Å². The second-order valence-electron chi connectivity index (χ2n) is 6.00. The van der Waals surface area contributed by atoms with E-state index in [1.165, 1.54) is 6.08 Å². The van der Waals surface area contributed by atoms with Crippen LogP contribution in [0.1, 0.15) is 24.8 Å². The first-order chi connectivity index (χ1) is 14.1.